The number of Topliss-reactive ketones (excluding diaryl/α,β-unsaturated/α-hetero) is 1. The number of rotatable bonds is 2. The van der Waals surface area contributed by atoms with Gasteiger partial charge in [0.1, 0.15) is 11.3 Å². The van der Waals surface area contributed by atoms with Gasteiger partial charge in [0.25, 0.3) is 0 Å². The van der Waals surface area contributed by atoms with Gasteiger partial charge in [-0.2, -0.15) is 13.2 Å². The fourth-order valence-corrected chi connectivity index (χ4v) is 1.54. The van der Waals surface area contributed by atoms with Crippen molar-refractivity contribution in [2.24, 2.45) is 0 Å². The van der Waals surface area contributed by atoms with Crippen LogP contribution in [0.4, 0.5) is 13.2 Å². The standard InChI is InChI=1S/C9H5Cl2F3O2/c10-3-7(16)5-1-4(11)2-6(15)8(5)9(12,13)14/h1-2,15H,3H2. The molecule has 88 valence electrons. The van der Waals surface area contributed by atoms with Gasteiger partial charge in [-0.05, 0) is 12.1 Å². The van der Waals surface area contributed by atoms with Crippen LogP contribution in [0.25, 0.3) is 0 Å². The molecule has 0 spiro atoms. The minimum absolute atomic E-state index is 0.168. The second-order valence-electron chi connectivity index (χ2n) is 2.90. The average Bonchev–Trinajstić information content (AvgIpc) is 2.12. The number of aromatic hydroxyl groups is 1. The van der Waals surface area contributed by atoms with E-state index in [4.69, 9.17) is 28.3 Å². The van der Waals surface area contributed by atoms with E-state index < -0.39 is 34.7 Å². The molecule has 0 saturated carbocycles. The minimum Gasteiger partial charge on any atom is -0.507 e. The van der Waals surface area contributed by atoms with Crippen molar-refractivity contribution in [3.8, 4) is 5.75 Å². The second-order valence-corrected chi connectivity index (χ2v) is 3.61. The van der Waals surface area contributed by atoms with E-state index in [-0.39, 0.29) is 5.02 Å². The maximum Gasteiger partial charge on any atom is 0.420 e. The van der Waals surface area contributed by atoms with Crippen molar-refractivity contribution < 1.29 is 23.1 Å². The Morgan fingerprint density at radius 1 is 1.38 bits per heavy atom. The van der Waals surface area contributed by atoms with Crippen LogP contribution in [0.5, 0.6) is 5.75 Å². The number of halogens is 5. The summed E-state index contributed by atoms with van der Waals surface area (Å²) >= 11 is 10.6. The van der Waals surface area contributed by atoms with Crippen LogP contribution in [0.2, 0.25) is 5.02 Å². The second kappa shape index (κ2) is 4.51. The van der Waals surface area contributed by atoms with E-state index in [1.165, 1.54) is 0 Å². The molecule has 0 aromatic heterocycles. The number of carbonyl (C=O) groups is 1. The molecule has 0 amide bonds. The van der Waals surface area contributed by atoms with Crippen molar-refractivity contribution in [3.63, 3.8) is 0 Å². The van der Waals surface area contributed by atoms with Crippen molar-refractivity contribution in [3.05, 3.63) is 28.3 Å². The van der Waals surface area contributed by atoms with Crippen molar-refractivity contribution in [1.29, 1.82) is 0 Å². The number of phenols is 1. The zero-order valence-corrected chi connectivity index (χ0v) is 9.12. The molecule has 0 aliphatic heterocycles. The van der Waals surface area contributed by atoms with E-state index in [9.17, 15) is 18.0 Å². The molecule has 0 unspecified atom stereocenters. The van der Waals surface area contributed by atoms with Gasteiger partial charge >= 0.3 is 6.18 Å². The highest BCUT2D eigenvalue weighted by molar-refractivity contribution is 6.33. The van der Waals surface area contributed by atoms with Crippen LogP contribution in [-0.4, -0.2) is 16.8 Å². The van der Waals surface area contributed by atoms with Crippen LogP contribution in [0, 0.1) is 0 Å². The van der Waals surface area contributed by atoms with Gasteiger partial charge in [-0.15, -0.1) is 11.6 Å². The monoisotopic (exact) mass is 272 g/mol. The first kappa shape index (κ1) is 13.1. The van der Waals surface area contributed by atoms with Crippen LogP contribution in [0.15, 0.2) is 12.1 Å². The number of ketones is 1. The van der Waals surface area contributed by atoms with Gasteiger partial charge in [-0.25, -0.2) is 0 Å². The molecular formula is C9H5Cl2F3O2. The van der Waals surface area contributed by atoms with Gasteiger partial charge < -0.3 is 5.11 Å². The quantitative estimate of drug-likeness (QED) is 0.661. The Balaban J connectivity index is 3.51. The smallest absolute Gasteiger partial charge is 0.420 e. The Hall–Kier alpha value is -0.940. The zero-order chi connectivity index (χ0) is 12.5. The lowest BCUT2D eigenvalue weighted by Crippen LogP contribution is -2.14. The highest BCUT2D eigenvalue weighted by Crippen LogP contribution is 2.40. The maximum atomic E-state index is 12.5. The van der Waals surface area contributed by atoms with Gasteiger partial charge in [0.2, 0.25) is 0 Å². The predicted octanol–water partition coefficient (Wildman–Crippen LogP) is 3.49. The molecule has 16 heavy (non-hydrogen) atoms. The van der Waals surface area contributed by atoms with Crippen molar-refractivity contribution >= 4 is 29.0 Å². The van der Waals surface area contributed by atoms with E-state index in [0.29, 0.717) is 0 Å². The number of hydrogen-bond acceptors (Lipinski definition) is 2. The van der Waals surface area contributed by atoms with Crippen molar-refractivity contribution in [1.82, 2.24) is 0 Å². The summed E-state index contributed by atoms with van der Waals surface area (Å²) in [4.78, 5) is 11.2. The minimum atomic E-state index is -4.84. The normalized spacial score (nSPS) is 11.6. The molecule has 7 heteroatoms. The topological polar surface area (TPSA) is 37.3 Å². The van der Waals surface area contributed by atoms with Gasteiger partial charge in [0.15, 0.2) is 5.78 Å². The average molecular weight is 273 g/mol. The highest BCUT2D eigenvalue weighted by atomic mass is 35.5. The Morgan fingerprint density at radius 2 is 1.94 bits per heavy atom. The lowest BCUT2D eigenvalue weighted by atomic mass is 10.0. The van der Waals surface area contributed by atoms with Gasteiger partial charge in [0.05, 0.1) is 5.88 Å². The summed E-state index contributed by atoms with van der Waals surface area (Å²) in [5, 5.41) is 8.98. The summed E-state index contributed by atoms with van der Waals surface area (Å²) in [6.07, 6.45) is -4.84. The summed E-state index contributed by atoms with van der Waals surface area (Å²) in [6, 6.07) is 1.55. The Morgan fingerprint density at radius 3 is 2.38 bits per heavy atom. The van der Waals surface area contributed by atoms with Crippen LogP contribution < -0.4 is 0 Å². The Kier molecular flexibility index (Phi) is 3.70. The molecule has 0 aliphatic rings. The predicted molar refractivity (Wildman–Crippen MR) is 53.2 cm³/mol. The number of phenolic OH excluding ortho intramolecular Hbond substituents is 1. The SMILES string of the molecule is O=C(CCl)c1cc(Cl)cc(O)c1C(F)(F)F. The third-order valence-electron chi connectivity index (χ3n) is 1.79. The Labute approximate surface area is 98.6 Å². The van der Waals surface area contributed by atoms with Crippen LogP contribution in [0.3, 0.4) is 0 Å². The first-order valence-corrected chi connectivity index (χ1v) is 4.87. The number of carbonyl (C=O) groups excluding carboxylic acids is 1. The van der Waals surface area contributed by atoms with Crippen molar-refractivity contribution in [2.45, 2.75) is 6.18 Å². The van der Waals surface area contributed by atoms with E-state index in [1.54, 1.807) is 0 Å². The Bertz CT molecular complexity index is 429. The summed E-state index contributed by atoms with van der Waals surface area (Å²) in [7, 11) is 0. The van der Waals surface area contributed by atoms with Crippen molar-refractivity contribution in [2.75, 3.05) is 5.88 Å². The van der Waals surface area contributed by atoms with E-state index in [1.807, 2.05) is 0 Å². The van der Waals surface area contributed by atoms with Crippen LogP contribution in [-0.2, 0) is 6.18 Å². The number of hydrogen-bond donors (Lipinski definition) is 1. The first-order chi connectivity index (χ1) is 7.27. The molecule has 1 aromatic carbocycles. The van der Waals surface area contributed by atoms with Gasteiger partial charge in [-0.3, -0.25) is 4.79 Å². The largest absolute Gasteiger partial charge is 0.507 e. The third kappa shape index (κ3) is 2.59. The lowest BCUT2D eigenvalue weighted by Gasteiger charge is -2.13. The zero-order valence-electron chi connectivity index (χ0n) is 7.61. The maximum absolute atomic E-state index is 12.5. The molecule has 1 N–H and O–H groups in total. The highest BCUT2D eigenvalue weighted by Gasteiger charge is 2.38. The molecule has 0 saturated heterocycles. The van der Waals surface area contributed by atoms with Crippen LogP contribution >= 0.6 is 23.2 Å². The molecule has 0 atom stereocenters. The third-order valence-corrected chi connectivity index (χ3v) is 2.25. The summed E-state index contributed by atoms with van der Waals surface area (Å²) in [5.74, 6) is -2.66. The molecule has 0 radical (unpaired) electrons. The van der Waals surface area contributed by atoms with Crippen LogP contribution in [0.1, 0.15) is 15.9 Å². The molecule has 2 nitrogen and oxygen atoms in total. The van der Waals surface area contributed by atoms with Gasteiger partial charge in [0, 0.05) is 10.6 Å². The van der Waals surface area contributed by atoms with Gasteiger partial charge in [-0.1, -0.05) is 11.6 Å². The molecule has 1 aromatic rings. The first-order valence-electron chi connectivity index (χ1n) is 3.96. The fraction of sp³-hybridized carbons (Fsp3) is 0.222. The van der Waals surface area contributed by atoms with E-state index >= 15 is 0 Å². The molecule has 0 aliphatic carbocycles. The number of alkyl halides is 4. The van der Waals surface area contributed by atoms with E-state index in [2.05, 4.69) is 0 Å². The molecule has 1 rings (SSSR count). The molecule has 0 fully saturated rings. The molecular weight excluding hydrogens is 268 g/mol. The number of benzene rings is 1. The summed E-state index contributed by atoms with van der Waals surface area (Å²) < 4.78 is 37.6. The fourth-order valence-electron chi connectivity index (χ4n) is 1.18. The lowest BCUT2D eigenvalue weighted by molar-refractivity contribution is -0.139. The molecule has 0 heterocycles. The molecule has 0 bridgehead atoms. The summed E-state index contributed by atoms with van der Waals surface area (Å²) in [5.41, 5.74) is -2.14. The summed E-state index contributed by atoms with van der Waals surface area (Å²) in [6.45, 7) is 0. The van der Waals surface area contributed by atoms with E-state index in [0.717, 1.165) is 12.1 Å².